The molecule has 3 unspecified atom stereocenters. The predicted molar refractivity (Wildman–Crippen MR) is 143 cm³/mol. The molecule has 0 aromatic heterocycles. The molecular weight excluding hydrogens is 480 g/mol. The first-order valence-electron chi connectivity index (χ1n) is 13.6. The Morgan fingerprint density at radius 2 is 2.00 bits per heavy atom. The summed E-state index contributed by atoms with van der Waals surface area (Å²) >= 11 is 6.26. The average molecular weight is 523 g/mol. The molecule has 0 spiro atoms. The minimum absolute atomic E-state index is 0.00389. The molecule has 3 atom stereocenters. The minimum atomic E-state index is -1.07. The lowest BCUT2D eigenvalue weighted by Gasteiger charge is -2.38. The van der Waals surface area contributed by atoms with Crippen molar-refractivity contribution in [3.05, 3.63) is 34.9 Å². The Hall–Kier alpha value is -2.03. The van der Waals surface area contributed by atoms with Crippen molar-refractivity contribution in [2.75, 3.05) is 39.3 Å². The Morgan fingerprint density at radius 1 is 1.19 bits per heavy atom. The molecule has 3 rings (SSSR count). The number of hydrogen-bond acceptors (Lipinski definition) is 4. The lowest BCUT2D eigenvalue weighted by molar-refractivity contribution is -0.00851. The molecule has 9 heteroatoms. The highest BCUT2D eigenvalue weighted by Crippen LogP contribution is 2.34. The van der Waals surface area contributed by atoms with Gasteiger partial charge in [-0.2, -0.15) is 0 Å². The van der Waals surface area contributed by atoms with Gasteiger partial charge in [0.15, 0.2) is 0 Å². The second kappa shape index (κ2) is 15.3. The standard InChI is InChI=1S/C27H43ClN4O4/c1-2-29-18-24(16-20-8-4-3-5-9-20)31-26(33)32-14-7-11-22(19-32)25(36-15-13-30-27(34)35)21-10-6-12-23(28)17-21/h6,10,12,17,20,22,24-25,29-30H,2-5,7-9,11,13-16,18-19H2,1H3,(H,31,33)(H,34,35). The number of carboxylic acid groups (broad SMARTS) is 1. The molecule has 2 aliphatic rings. The van der Waals surface area contributed by atoms with E-state index in [1.807, 2.05) is 29.2 Å². The van der Waals surface area contributed by atoms with Crippen molar-refractivity contribution in [3.63, 3.8) is 0 Å². The van der Waals surface area contributed by atoms with Gasteiger partial charge in [-0.25, -0.2) is 9.59 Å². The van der Waals surface area contributed by atoms with Crippen LogP contribution in [-0.4, -0.2) is 67.5 Å². The first kappa shape index (κ1) is 28.5. The maximum atomic E-state index is 13.4. The molecule has 1 aromatic carbocycles. The summed E-state index contributed by atoms with van der Waals surface area (Å²) in [4.78, 5) is 26.1. The number of carbonyl (C=O) groups is 2. The second-order valence-corrected chi connectivity index (χ2v) is 10.6. The van der Waals surface area contributed by atoms with Crippen LogP contribution in [0.5, 0.6) is 0 Å². The number of urea groups is 1. The van der Waals surface area contributed by atoms with Gasteiger partial charge in [0.1, 0.15) is 0 Å². The van der Waals surface area contributed by atoms with Crippen LogP contribution in [0.2, 0.25) is 5.02 Å². The van der Waals surface area contributed by atoms with Crippen molar-refractivity contribution in [3.8, 4) is 0 Å². The Morgan fingerprint density at radius 3 is 2.72 bits per heavy atom. The zero-order valence-corrected chi connectivity index (χ0v) is 22.3. The third-order valence-electron chi connectivity index (χ3n) is 7.34. The summed E-state index contributed by atoms with van der Waals surface area (Å²) in [6.45, 7) is 5.54. The molecule has 1 saturated carbocycles. The average Bonchev–Trinajstić information content (AvgIpc) is 2.87. The summed E-state index contributed by atoms with van der Waals surface area (Å²) in [7, 11) is 0. The predicted octanol–water partition coefficient (Wildman–Crippen LogP) is 5.04. The molecule has 202 valence electrons. The van der Waals surface area contributed by atoms with Gasteiger partial charge in [-0.05, 0) is 49.4 Å². The van der Waals surface area contributed by atoms with E-state index in [0.29, 0.717) is 17.5 Å². The maximum absolute atomic E-state index is 13.4. The second-order valence-electron chi connectivity index (χ2n) is 10.1. The van der Waals surface area contributed by atoms with E-state index in [4.69, 9.17) is 21.4 Å². The number of likely N-dealkylation sites (tertiary alicyclic amines) is 1. The van der Waals surface area contributed by atoms with E-state index < -0.39 is 6.09 Å². The van der Waals surface area contributed by atoms with Gasteiger partial charge in [-0.1, -0.05) is 62.8 Å². The van der Waals surface area contributed by atoms with Crippen LogP contribution in [0.15, 0.2) is 24.3 Å². The molecule has 1 aliphatic heterocycles. The van der Waals surface area contributed by atoms with Crippen LogP contribution in [-0.2, 0) is 4.74 Å². The van der Waals surface area contributed by atoms with E-state index in [2.05, 4.69) is 22.9 Å². The van der Waals surface area contributed by atoms with Gasteiger partial charge in [0.2, 0.25) is 0 Å². The van der Waals surface area contributed by atoms with Crippen LogP contribution in [0, 0.1) is 11.8 Å². The first-order chi connectivity index (χ1) is 17.5. The Labute approximate surface area is 220 Å². The van der Waals surface area contributed by atoms with E-state index >= 15 is 0 Å². The number of nitrogens with one attached hydrogen (secondary N) is 3. The Balaban J connectivity index is 1.63. The van der Waals surface area contributed by atoms with Crippen LogP contribution >= 0.6 is 11.6 Å². The van der Waals surface area contributed by atoms with Crippen molar-refractivity contribution in [1.82, 2.24) is 20.9 Å². The smallest absolute Gasteiger partial charge is 0.404 e. The van der Waals surface area contributed by atoms with Crippen molar-refractivity contribution in [1.29, 1.82) is 0 Å². The highest BCUT2D eigenvalue weighted by molar-refractivity contribution is 6.30. The van der Waals surface area contributed by atoms with Gasteiger partial charge in [-0.3, -0.25) is 0 Å². The number of rotatable bonds is 12. The third-order valence-corrected chi connectivity index (χ3v) is 7.57. The molecule has 1 saturated heterocycles. The van der Waals surface area contributed by atoms with Gasteiger partial charge in [-0.15, -0.1) is 0 Å². The summed E-state index contributed by atoms with van der Waals surface area (Å²) in [6, 6.07) is 7.72. The van der Waals surface area contributed by atoms with Gasteiger partial charge in [0.05, 0.1) is 12.7 Å². The van der Waals surface area contributed by atoms with Crippen LogP contribution < -0.4 is 16.0 Å². The van der Waals surface area contributed by atoms with E-state index in [-0.39, 0.29) is 37.2 Å². The number of nitrogens with zero attached hydrogens (tertiary/aromatic N) is 1. The molecular formula is C27H43ClN4O4. The fourth-order valence-corrected chi connectivity index (χ4v) is 5.78. The molecule has 0 radical (unpaired) electrons. The van der Waals surface area contributed by atoms with Crippen LogP contribution in [0.1, 0.15) is 70.0 Å². The van der Waals surface area contributed by atoms with Gasteiger partial charge in [0, 0.05) is 43.2 Å². The topological polar surface area (TPSA) is 103 Å². The molecule has 3 amide bonds. The molecule has 1 aromatic rings. The molecule has 1 heterocycles. The lowest BCUT2D eigenvalue weighted by atomic mass is 9.84. The molecule has 2 fully saturated rings. The summed E-state index contributed by atoms with van der Waals surface area (Å²) < 4.78 is 6.18. The van der Waals surface area contributed by atoms with Crippen molar-refractivity contribution in [2.24, 2.45) is 11.8 Å². The maximum Gasteiger partial charge on any atom is 0.404 e. The molecule has 36 heavy (non-hydrogen) atoms. The highest BCUT2D eigenvalue weighted by atomic mass is 35.5. The van der Waals surface area contributed by atoms with Crippen molar-refractivity contribution >= 4 is 23.7 Å². The SMILES string of the molecule is CCNCC(CC1CCCCC1)NC(=O)N1CCCC(C(OCCNC(=O)O)c2cccc(Cl)c2)C1. The summed E-state index contributed by atoms with van der Waals surface area (Å²) in [5, 5.41) is 18.6. The van der Waals surface area contributed by atoms with E-state index in [1.165, 1.54) is 32.1 Å². The minimum Gasteiger partial charge on any atom is -0.465 e. The molecule has 1 aliphatic carbocycles. The van der Waals surface area contributed by atoms with Crippen molar-refractivity contribution < 1.29 is 19.4 Å². The summed E-state index contributed by atoms with van der Waals surface area (Å²) in [5.74, 6) is 0.787. The highest BCUT2D eigenvalue weighted by Gasteiger charge is 2.32. The Kier molecular flexibility index (Phi) is 12.1. The largest absolute Gasteiger partial charge is 0.465 e. The molecule has 8 nitrogen and oxygen atoms in total. The Bertz CT molecular complexity index is 821. The number of piperidine rings is 1. The quantitative estimate of drug-likeness (QED) is 0.288. The van der Waals surface area contributed by atoms with Gasteiger partial charge in [0.25, 0.3) is 0 Å². The van der Waals surface area contributed by atoms with Crippen molar-refractivity contribution in [2.45, 2.75) is 70.4 Å². The zero-order chi connectivity index (χ0) is 25.8. The van der Waals surface area contributed by atoms with E-state index in [0.717, 1.165) is 44.5 Å². The number of hydrogen-bond donors (Lipinski definition) is 4. The fraction of sp³-hybridized carbons (Fsp3) is 0.704. The first-order valence-corrected chi connectivity index (χ1v) is 13.9. The lowest BCUT2D eigenvalue weighted by Crippen LogP contribution is -2.52. The van der Waals surface area contributed by atoms with Crippen LogP contribution in [0.3, 0.4) is 0 Å². The summed E-state index contributed by atoms with van der Waals surface area (Å²) in [6.07, 6.45) is 7.97. The number of halogens is 1. The number of benzene rings is 1. The normalized spacial score (nSPS) is 20.5. The third kappa shape index (κ3) is 9.45. The van der Waals surface area contributed by atoms with Gasteiger partial charge >= 0.3 is 12.1 Å². The van der Waals surface area contributed by atoms with E-state index in [9.17, 15) is 9.59 Å². The van der Waals surface area contributed by atoms with Gasteiger partial charge < -0.3 is 30.7 Å². The van der Waals surface area contributed by atoms with Crippen LogP contribution in [0.25, 0.3) is 0 Å². The summed E-state index contributed by atoms with van der Waals surface area (Å²) in [5.41, 5.74) is 0.951. The van der Waals surface area contributed by atoms with E-state index in [1.54, 1.807) is 0 Å². The van der Waals surface area contributed by atoms with Crippen LogP contribution in [0.4, 0.5) is 9.59 Å². The molecule has 4 N–H and O–H groups in total. The number of amides is 3. The fourth-order valence-electron chi connectivity index (χ4n) is 5.58. The number of ether oxygens (including phenoxy) is 1. The monoisotopic (exact) mass is 522 g/mol. The molecule has 0 bridgehead atoms. The number of likely N-dealkylation sites (N-methyl/N-ethyl adjacent to an activating group) is 1. The number of carbonyl (C=O) groups excluding carboxylic acids is 1. The zero-order valence-electron chi connectivity index (χ0n) is 21.5.